The van der Waals surface area contributed by atoms with E-state index in [0.29, 0.717) is 6.04 Å². The second-order valence-electron chi connectivity index (χ2n) is 7.34. The fourth-order valence-corrected chi connectivity index (χ4v) is 4.55. The Morgan fingerprint density at radius 2 is 1.40 bits per heavy atom. The quantitative estimate of drug-likeness (QED) is 0.806. The van der Waals surface area contributed by atoms with Crippen molar-refractivity contribution in [2.45, 2.75) is 69.9 Å². The fraction of sp³-hybridized carbons (Fsp3) is 1.00. The van der Waals surface area contributed by atoms with Crippen LogP contribution in [0.3, 0.4) is 0 Å². The van der Waals surface area contributed by atoms with Crippen LogP contribution in [-0.4, -0.2) is 54.6 Å². The molecule has 3 heteroatoms. The van der Waals surface area contributed by atoms with Crippen molar-refractivity contribution >= 4 is 0 Å². The van der Waals surface area contributed by atoms with Crippen molar-refractivity contribution in [1.29, 1.82) is 0 Å². The molecule has 1 aliphatic heterocycles. The highest BCUT2D eigenvalue weighted by atomic mass is 15.3. The van der Waals surface area contributed by atoms with Gasteiger partial charge in [0.1, 0.15) is 0 Å². The van der Waals surface area contributed by atoms with E-state index in [1.165, 1.54) is 90.5 Å². The molecule has 2 aliphatic carbocycles. The average molecular weight is 279 g/mol. The van der Waals surface area contributed by atoms with Crippen molar-refractivity contribution in [2.24, 2.45) is 11.7 Å². The maximum absolute atomic E-state index is 6.39. The summed E-state index contributed by atoms with van der Waals surface area (Å²) in [5, 5.41) is 0. The molecular formula is C17H33N3. The zero-order chi connectivity index (χ0) is 13.8. The summed E-state index contributed by atoms with van der Waals surface area (Å²) in [5.74, 6) is 0.760. The normalized spacial score (nSPS) is 35.2. The van der Waals surface area contributed by atoms with Gasteiger partial charge in [0.2, 0.25) is 0 Å². The van der Waals surface area contributed by atoms with Crippen LogP contribution < -0.4 is 5.73 Å². The van der Waals surface area contributed by atoms with Gasteiger partial charge in [-0.3, -0.25) is 4.90 Å². The van der Waals surface area contributed by atoms with Gasteiger partial charge < -0.3 is 10.6 Å². The first-order valence-corrected chi connectivity index (χ1v) is 9.05. The van der Waals surface area contributed by atoms with Crippen LogP contribution in [0.4, 0.5) is 0 Å². The molecule has 0 spiro atoms. The number of rotatable bonds is 3. The zero-order valence-electron chi connectivity index (χ0n) is 13.1. The molecule has 116 valence electrons. The second kappa shape index (κ2) is 7.24. The minimum atomic E-state index is 0.463. The van der Waals surface area contributed by atoms with Gasteiger partial charge >= 0.3 is 0 Å². The number of hydrogen-bond acceptors (Lipinski definition) is 3. The van der Waals surface area contributed by atoms with E-state index in [9.17, 15) is 0 Å². The van der Waals surface area contributed by atoms with Crippen molar-refractivity contribution in [3.05, 3.63) is 0 Å². The lowest BCUT2D eigenvalue weighted by Crippen LogP contribution is -2.51. The number of nitrogens with two attached hydrogens (primary N) is 1. The highest BCUT2D eigenvalue weighted by Crippen LogP contribution is 2.26. The van der Waals surface area contributed by atoms with Crippen molar-refractivity contribution in [3.63, 3.8) is 0 Å². The molecule has 3 rings (SSSR count). The molecule has 2 unspecified atom stereocenters. The molecule has 0 aromatic rings. The Balaban J connectivity index is 1.43. The van der Waals surface area contributed by atoms with E-state index in [-0.39, 0.29) is 0 Å². The molecule has 0 radical (unpaired) electrons. The van der Waals surface area contributed by atoms with Crippen LogP contribution in [0.2, 0.25) is 0 Å². The molecule has 3 nitrogen and oxygen atoms in total. The summed E-state index contributed by atoms with van der Waals surface area (Å²) in [6.45, 7) is 6.42. The Morgan fingerprint density at radius 3 is 2.15 bits per heavy atom. The number of hydrogen-bond donors (Lipinski definition) is 1. The van der Waals surface area contributed by atoms with Gasteiger partial charge in [0.15, 0.2) is 0 Å². The molecule has 3 fully saturated rings. The lowest BCUT2D eigenvalue weighted by atomic mass is 9.94. The topological polar surface area (TPSA) is 32.5 Å². The second-order valence-corrected chi connectivity index (χ2v) is 7.34. The summed E-state index contributed by atoms with van der Waals surface area (Å²) in [7, 11) is 0. The molecular weight excluding hydrogens is 246 g/mol. The van der Waals surface area contributed by atoms with E-state index >= 15 is 0 Å². The third kappa shape index (κ3) is 3.75. The summed E-state index contributed by atoms with van der Waals surface area (Å²) in [6.07, 6.45) is 12.6. The van der Waals surface area contributed by atoms with Crippen LogP contribution >= 0.6 is 0 Å². The average Bonchev–Trinajstić information content (AvgIpc) is 2.93. The van der Waals surface area contributed by atoms with E-state index < -0.39 is 0 Å². The maximum atomic E-state index is 6.39. The minimum Gasteiger partial charge on any atom is -0.327 e. The Labute approximate surface area is 124 Å². The molecule has 0 aromatic heterocycles. The van der Waals surface area contributed by atoms with Gasteiger partial charge in [0.05, 0.1) is 0 Å². The highest BCUT2D eigenvalue weighted by molar-refractivity contribution is 4.85. The molecule has 0 amide bonds. The van der Waals surface area contributed by atoms with E-state index in [0.717, 1.165) is 12.0 Å². The molecule has 2 saturated carbocycles. The Morgan fingerprint density at radius 1 is 0.750 bits per heavy atom. The maximum Gasteiger partial charge on any atom is 0.0113 e. The molecule has 2 N–H and O–H groups in total. The van der Waals surface area contributed by atoms with Gasteiger partial charge in [0.25, 0.3) is 0 Å². The molecule has 2 atom stereocenters. The lowest BCUT2D eigenvalue weighted by Gasteiger charge is -2.40. The monoisotopic (exact) mass is 279 g/mol. The molecule has 20 heavy (non-hydrogen) atoms. The third-order valence-corrected chi connectivity index (χ3v) is 5.96. The van der Waals surface area contributed by atoms with E-state index in [1.807, 2.05) is 0 Å². The third-order valence-electron chi connectivity index (χ3n) is 5.96. The van der Waals surface area contributed by atoms with Crippen LogP contribution in [-0.2, 0) is 0 Å². The van der Waals surface area contributed by atoms with Crippen LogP contribution in [0, 0.1) is 5.92 Å². The summed E-state index contributed by atoms with van der Waals surface area (Å²) < 4.78 is 0. The van der Waals surface area contributed by atoms with Gasteiger partial charge in [0, 0.05) is 44.8 Å². The first kappa shape index (κ1) is 14.8. The summed E-state index contributed by atoms with van der Waals surface area (Å²) in [6, 6.07) is 1.38. The first-order valence-electron chi connectivity index (χ1n) is 9.05. The van der Waals surface area contributed by atoms with Gasteiger partial charge in [-0.25, -0.2) is 0 Å². The Kier molecular flexibility index (Phi) is 5.36. The zero-order valence-corrected chi connectivity index (χ0v) is 13.1. The standard InChI is InChI=1S/C17H33N3/c18-17-9-3-1-2-6-15(17)14-19-10-12-20(13-11-19)16-7-4-5-8-16/h15-17H,1-14,18H2. The van der Waals surface area contributed by atoms with Crippen LogP contribution in [0.25, 0.3) is 0 Å². The molecule has 0 bridgehead atoms. The van der Waals surface area contributed by atoms with Crippen molar-refractivity contribution in [3.8, 4) is 0 Å². The smallest absolute Gasteiger partial charge is 0.0113 e. The van der Waals surface area contributed by atoms with Gasteiger partial charge in [-0.1, -0.05) is 32.1 Å². The Bertz CT molecular complexity index is 280. The SMILES string of the molecule is NC1CCCCCC1CN1CCN(C2CCCC2)CC1. The van der Waals surface area contributed by atoms with E-state index in [1.54, 1.807) is 0 Å². The molecule has 3 aliphatic rings. The molecule has 1 saturated heterocycles. The van der Waals surface area contributed by atoms with E-state index in [2.05, 4.69) is 9.80 Å². The lowest BCUT2D eigenvalue weighted by molar-refractivity contribution is 0.0832. The summed E-state index contributed by atoms with van der Waals surface area (Å²) in [4.78, 5) is 5.46. The van der Waals surface area contributed by atoms with Crippen LogP contribution in [0.5, 0.6) is 0 Å². The summed E-state index contributed by atoms with van der Waals surface area (Å²) in [5.41, 5.74) is 6.39. The first-order chi connectivity index (χ1) is 9.83. The van der Waals surface area contributed by atoms with Gasteiger partial charge in [-0.2, -0.15) is 0 Å². The number of nitrogens with zero attached hydrogens (tertiary/aromatic N) is 2. The predicted octanol–water partition coefficient (Wildman–Crippen LogP) is 2.45. The summed E-state index contributed by atoms with van der Waals surface area (Å²) >= 11 is 0. The Hall–Kier alpha value is -0.120. The van der Waals surface area contributed by atoms with Crippen molar-refractivity contribution < 1.29 is 0 Å². The van der Waals surface area contributed by atoms with Crippen molar-refractivity contribution in [2.75, 3.05) is 32.7 Å². The van der Waals surface area contributed by atoms with Crippen molar-refractivity contribution in [1.82, 2.24) is 9.80 Å². The highest BCUT2D eigenvalue weighted by Gasteiger charge is 2.28. The molecule has 0 aromatic carbocycles. The van der Waals surface area contributed by atoms with Crippen LogP contribution in [0.15, 0.2) is 0 Å². The molecule has 1 heterocycles. The fourth-order valence-electron chi connectivity index (χ4n) is 4.55. The largest absolute Gasteiger partial charge is 0.327 e. The van der Waals surface area contributed by atoms with Gasteiger partial charge in [-0.15, -0.1) is 0 Å². The van der Waals surface area contributed by atoms with Crippen LogP contribution in [0.1, 0.15) is 57.8 Å². The van der Waals surface area contributed by atoms with E-state index in [4.69, 9.17) is 5.73 Å². The minimum absolute atomic E-state index is 0.463. The number of piperazine rings is 1. The van der Waals surface area contributed by atoms with Gasteiger partial charge in [-0.05, 0) is 31.6 Å². The predicted molar refractivity (Wildman–Crippen MR) is 84.8 cm³/mol.